The number of H-pyrrole nitrogens is 2. The first kappa shape index (κ1) is 22.9. The first-order valence-corrected chi connectivity index (χ1v) is 11.8. The second-order valence-corrected chi connectivity index (χ2v) is 9.22. The fourth-order valence-electron chi connectivity index (χ4n) is 4.48. The molecule has 0 radical (unpaired) electrons. The number of hydrogen-bond acceptors (Lipinski definition) is 7. The van der Waals surface area contributed by atoms with E-state index in [1.807, 2.05) is 49.3 Å². The summed E-state index contributed by atoms with van der Waals surface area (Å²) >= 11 is 0. The molecule has 6 aromatic rings. The summed E-state index contributed by atoms with van der Waals surface area (Å²) in [5, 5.41) is 7.51. The molecule has 4 N–H and O–H groups in total. The Bertz CT molecular complexity index is 1720. The number of nitrogens with zero attached hydrogens (tertiary/aromatic N) is 6. The fraction of sp³-hybridized carbons (Fsp3) is 0.148. The van der Waals surface area contributed by atoms with Crippen LogP contribution in [0.1, 0.15) is 11.6 Å². The third-order valence-electron chi connectivity index (χ3n) is 6.20. The Balaban J connectivity index is 1.45. The van der Waals surface area contributed by atoms with Crippen LogP contribution in [0.5, 0.6) is 0 Å². The lowest BCUT2D eigenvalue weighted by Crippen LogP contribution is -2.26. The molecule has 0 aliphatic carbocycles. The number of pyridine rings is 3. The fourth-order valence-corrected chi connectivity index (χ4v) is 4.48. The SMILES string of the molecule is CN(C)CC(N)c1cc(F)cc(-c2cncc3[nH]c(-c4n[nH]c5ccc(-c6cccnc6)nc45)nc23)c1. The van der Waals surface area contributed by atoms with Crippen molar-refractivity contribution < 1.29 is 4.39 Å². The Labute approximate surface area is 211 Å². The van der Waals surface area contributed by atoms with Crippen LogP contribution < -0.4 is 5.73 Å². The van der Waals surface area contributed by atoms with E-state index < -0.39 is 0 Å². The second kappa shape index (κ2) is 9.16. The maximum atomic E-state index is 14.6. The number of aromatic nitrogens is 7. The quantitative estimate of drug-likeness (QED) is 0.315. The molecule has 5 heterocycles. The Morgan fingerprint density at radius 3 is 2.65 bits per heavy atom. The number of hydrogen-bond donors (Lipinski definition) is 3. The number of nitrogens with one attached hydrogen (secondary N) is 2. The van der Waals surface area contributed by atoms with Gasteiger partial charge in [-0.25, -0.2) is 14.4 Å². The Morgan fingerprint density at radius 2 is 1.84 bits per heavy atom. The molecule has 0 saturated heterocycles. The minimum atomic E-state index is -0.361. The number of aromatic amines is 2. The van der Waals surface area contributed by atoms with Gasteiger partial charge >= 0.3 is 0 Å². The average molecular weight is 494 g/mol. The van der Waals surface area contributed by atoms with Crippen molar-refractivity contribution in [1.82, 2.24) is 40.0 Å². The molecule has 0 aliphatic heterocycles. The third kappa shape index (κ3) is 4.32. The van der Waals surface area contributed by atoms with Gasteiger partial charge in [-0.05, 0) is 67.7 Å². The van der Waals surface area contributed by atoms with Gasteiger partial charge in [-0.1, -0.05) is 0 Å². The number of fused-ring (bicyclic) bond motifs is 2. The standard InChI is InChI=1S/C27H24FN9/c1-37(2)14-20(29)17-8-16(9-18(28)10-17)19-12-31-13-23-24(19)34-27(33-23)26-25-22(35-36-26)6-5-21(32-25)15-4-3-7-30-11-15/h3-13,20H,14,29H2,1-2H3,(H,33,34)(H,35,36). The van der Waals surface area contributed by atoms with E-state index in [-0.39, 0.29) is 11.9 Å². The lowest BCUT2D eigenvalue weighted by molar-refractivity contribution is 0.376. The van der Waals surface area contributed by atoms with Crippen molar-refractivity contribution in [2.45, 2.75) is 6.04 Å². The highest BCUT2D eigenvalue weighted by atomic mass is 19.1. The number of nitrogens with two attached hydrogens (primary N) is 1. The van der Waals surface area contributed by atoms with Gasteiger partial charge < -0.3 is 15.6 Å². The van der Waals surface area contributed by atoms with Gasteiger partial charge in [0.25, 0.3) is 0 Å². The molecule has 184 valence electrons. The van der Waals surface area contributed by atoms with E-state index in [2.05, 4.69) is 25.1 Å². The van der Waals surface area contributed by atoms with E-state index in [1.165, 1.54) is 12.1 Å². The van der Waals surface area contributed by atoms with Crippen LogP contribution in [0.25, 0.3) is 56.0 Å². The van der Waals surface area contributed by atoms with Gasteiger partial charge in [-0.2, -0.15) is 5.10 Å². The zero-order chi connectivity index (χ0) is 25.5. The van der Waals surface area contributed by atoms with Gasteiger partial charge in [0, 0.05) is 42.3 Å². The monoisotopic (exact) mass is 493 g/mol. The van der Waals surface area contributed by atoms with Gasteiger partial charge in [-0.15, -0.1) is 0 Å². The zero-order valence-electron chi connectivity index (χ0n) is 20.3. The molecule has 0 bridgehead atoms. The lowest BCUT2D eigenvalue weighted by atomic mass is 9.99. The van der Waals surface area contributed by atoms with E-state index >= 15 is 0 Å². The molecule has 37 heavy (non-hydrogen) atoms. The van der Waals surface area contributed by atoms with Crippen LogP contribution in [0.15, 0.2) is 67.3 Å². The molecular weight excluding hydrogens is 469 g/mol. The predicted octanol–water partition coefficient (Wildman–Crippen LogP) is 4.33. The minimum Gasteiger partial charge on any atom is -0.335 e. The van der Waals surface area contributed by atoms with E-state index in [1.54, 1.807) is 24.8 Å². The molecule has 6 rings (SSSR count). The van der Waals surface area contributed by atoms with Gasteiger partial charge in [0.15, 0.2) is 11.5 Å². The highest BCUT2D eigenvalue weighted by Gasteiger charge is 2.18. The predicted molar refractivity (Wildman–Crippen MR) is 141 cm³/mol. The van der Waals surface area contributed by atoms with Crippen LogP contribution in [-0.4, -0.2) is 60.7 Å². The molecule has 0 fully saturated rings. The molecule has 0 spiro atoms. The molecule has 10 heteroatoms. The highest BCUT2D eigenvalue weighted by molar-refractivity contribution is 5.95. The largest absolute Gasteiger partial charge is 0.335 e. The summed E-state index contributed by atoms with van der Waals surface area (Å²) in [5.41, 5.74) is 13.5. The summed E-state index contributed by atoms with van der Waals surface area (Å²) in [4.78, 5) is 23.5. The zero-order valence-corrected chi connectivity index (χ0v) is 20.3. The van der Waals surface area contributed by atoms with Crippen molar-refractivity contribution in [3.8, 4) is 33.9 Å². The van der Waals surface area contributed by atoms with Crippen LogP contribution in [0, 0.1) is 5.82 Å². The molecule has 0 amide bonds. The van der Waals surface area contributed by atoms with Crippen molar-refractivity contribution in [2.24, 2.45) is 5.73 Å². The molecule has 9 nitrogen and oxygen atoms in total. The summed E-state index contributed by atoms with van der Waals surface area (Å²) in [5.74, 6) is 0.173. The van der Waals surface area contributed by atoms with Crippen molar-refractivity contribution in [3.05, 3.63) is 78.6 Å². The minimum absolute atomic E-state index is 0.332. The molecule has 1 atom stereocenters. The molecule has 0 saturated carbocycles. The number of imidazole rings is 1. The summed E-state index contributed by atoms with van der Waals surface area (Å²) in [7, 11) is 3.87. The summed E-state index contributed by atoms with van der Waals surface area (Å²) in [6.45, 7) is 0.595. The van der Waals surface area contributed by atoms with E-state index in [0.29, 0.717) is 51.3 Å². The summed E-state index contributed by atoms with van der Waals surface area (Å²) in [6, 6.07) is 12.2. The van der Waals surface area contributed by atoms with E-state index in [4.69, 9.17) is 15.7 Å². The Morgan fingerprint density at radius 1 is 0.946 bits per heavy atom. The van der Waals surface area contributed by atoms with Crippen LogP contribution in [0.4, 0.5) is 4.39 Å². The number of benzene rings is 1. The molecule has 5 aromatic heterocycles. The van der Waals surface area contributed by atoms with E-state index in [0.717, 1.165) is 16.8 Å². The van der Waals surface area contributed by atoms with Crippen LogP contribution in [0.3, 0.4) is 0 Å². The Kier molecular flexibility index (Phi) is 5.67. The van der Waals surface area contributed by atoms with Crippen molar-refractivity contribution in [3.63, 3.8) is 0 Å². The second-order valence-electron chi connectivity index (χ2n) is 9.22. The lowest BCUT2D eigenvalue weighted by Gasteiger charge is -2.18. The first-order chi connectivity index (χ1) is 18.0. The normalized spacial score (nSPS) is 12.6. The maximum absolute atomic E-state index is 14.6. The molecule has 1 unspecified atom stereocenters. The summed E-state index contributed by atoms with van der Waals surface area (Å²) in [6.07, 6.45) is 6.87. The van der Waals surface area contributed by atoms with E-state index in [9.17, 15) is 4.39 Å². The van der Waals surface area contributed by atoms with Gasteiger partial charge in [0.05, 0.1) is 28.4 Å². The van der Waals surface area contributed by atoms with Crippen molar-refractivity contribution in [2.75, 3.05) is 20.6 Å². The molecule has 0 aliphatic rings. The third-order valence-corrected chi connectivity index (χ3v) is 6.20. The highest BCUT2D eigenvalue weighted by Crippen LogP contribution is 2.32. The van der Waals surface area contributed by atoms with Gasteiger partial charge in [-0.3, -0.25) is 15.1 Å². The van der Waals surface area contributed by atoms with Gasteiger partial charge in [0.1, 0.15) is 11.3 Å². The van der Waals surface area contributed by atoms with Crippen LogP contribution in [0.2, 0.25) is 0 Å². The molecule has 1 aromatic carbocycles. The smallest absolute Gasteiger partial charge is 0.161 e. The van der Waals surface area contributed by atoms with Crippen LogP contribution >= 0.6 is 0 Å². The maximum Gasteiger partial charge on any atom is 0.161 e. The number of likely N-dealkylation sites (N-methyl/N-ethyl adjacent to an activating group) is 1. The topological polar surface area (TPSA) is 125 Å². The van der Waals surface area contributed by atoms with Crippen molar-refractivity contribution in [1.29, 1.82) is 0 Å². The van der Waals surface area contributed by atoms with Crippen molar-refractivity contribution >= 4 is 22.1 Å². The van der Waals surface area contributed by atoms with Gasteiger partial charge in [0.2, 0.25) is 0 Å². The average Bonchev–Trinajstić information content (AvgIpc) is 3.52. The Hall–Kier alpha value is -4.54. The first-order valence-electron chi connectivity index (χ1n) is 11.8. The summed E-state index contributed by atoms with van der Waals surface area (Å²) < 4.78 is 14.6. The number of halogens is 1. The molecular formula is C27H24FN9. The van der Waals surface area contributed by atoms with Crippen LogP contribution in [-0.2, 0) is 0 Å². The number of rotatable bonds is 6.